The zero-order valence-electron chi connectivity index (χ0n) is 14.5. The second kappa shape index (κ2) is 7.34. The minimum atomic E-state index is -0.191. The molecule has 0 spiro atoms. The molecule has 0 saturated carbocycles. The van der Waals surface area contributed by atoms with E-state index in [4.69, 9.17) is 18.9 Å². The molecule has 1 aliphatic heterocycles. The maximum Gasteiger partial charge on any atom is 0.251 e. The van der Waals surface area contributed by atoms with Gasteiger partial charge in [0.25, 0.3) is 5.91 Å². The smallest absolute Gasteiger partial charge is 0.251 e. The Balaban J connectivity index is 1.74. The number of carbonyl (C=O) groups excluding carboxylic acids is 1. The molecule has 0 aliphatic carbocycles. The summed E-state index contributed by atoms with van der Waals surface area (Å²) in [5.74, 6) is 2.34. The van der Waals surface area contributed by atoms with Crippen molar-refractivity contribution in [3.05, 3.63) is 47.5 Å². The maximum absolute atomic E-state index is 12.5. The molecule has 0 radical (unpaired) electrons. The van der Waals surface area contributed by atoms with Crippen molar-refractivity contribution in [2.75, 3.05) is 27.4 Å². The molecule has 2 aromatic rings. The molecule has 1 amide bonds. The predicted octanol–water partition coefficient (Wildman–Crippen LogP) is 2.97. The Kier molecular flexibility index (Phi) is 4.97. The first-order valence-electron chi connectivity index (χ1n) is 8.05. The summed E-state index contributed by atoms with van der Waals surface area (Å²) >= 11 is 0. The van der Waals surface area contributed by atoms with Gasteiger partial charge in [0.2, 0.25) is 0 Å². The van der Waals surface area contributed by atoms with E-state index in [9.17, 15) is 4.79 Å². The van der Waals surface area contributed by atoms with Crippen molar-refractivity contribution in [3.63, 3.8) is 0 Å². The van der Waals surface area contributed by atoms with Crippen molar-refractivity contribution in [1.29, 1.82) is 0 Å². The highest BCUT2D eigenvalue weighted by molar-refractivity contribution is 5.95. The Bertz CT molecular complexity index is 774. The molecule has 0 aromatic heterocycles. The van der Waals surface area contributed by atoms with Crippen molar-refractivity contribution in [1.82, 2.24) is 5.32 Å². The Morgan fingerprint density at radius 3 is 2.44 bits per heavy atom. The quantitative estimate of drug-likeness (QED) is 0.904. The van der Waals surface area contributed by atoms with Crippen LogP contribution in [0.5, 0.6) is 23.0 Å². The standard InChI is InChI=1S/C19H21NO5/c1-12(13-4-7-16-18(10-13)25-9-8-24-16)20-19(21)14-5-6-15(22-2)17(11-14)23-3/h4-7,10-12H,8-9H2,1-3H3,(H,20,21)/t12-/m1/s1. The van der Waals surface area contributed by atoms with Gasteiger partial charge in [-0.15, -0.1) is 0 Å². The monoisotopic (exact) mass is 343 g/mol. The summed E-state index contributed by atoms with van der Waals surface area (Å²) in [5, 5.41) is 2.98. The Morgan fingerprint density at radius 2 is 1.72 bits per heavy atom. The van der Waals surface area contributed by atoms with Gasteiger partial charge in [-0.25, -0.2) is 0 Å². The van der Waals surface area contributed by atoms with Gasteiger partial charge in [0.1, 0.15) is 13.2 Å². The van der Waals surface area contributed by atoms with Crippen LogP contribution in [0.4, 0.5) is 0 Å². The summed E-state index contributed by atoms with van der Waals surface area (Å²) in [7, 11) is 3.10. The largest absolute Gasteiger partial charge is 0.493 e. The molecule has 1 atom stereocenters. The zero-order chi connectivity index (χ0) is 17.8. The fourth-order valence-corrected chi connectivity index (χ4v) is 2.67. The van der Waals surface area contributed by atoms with Crippen molar-refractivity contribution in [2.24, 2.45) is 0 Å². The van der Waals surface area contributed by atoms with Crippen LogP contribution >= 0.6 is 0 Å². The van der Waals surface area contributed by atoms with Crippen LogP contribution in [0.25, 0.3) is 0 Å². The number of carbonyl (C=O) groups is 1. The van der Waals surface area contributed by atoms with E-state index in [0.29, 0.717) is 36.0 Å². The van der Waals surface area contributed by atoms with E-state index >= 15 is 0 Å². The number of ether oxygens (including phenoxy) is 4. The molecule has 2 aromatic carbocycles. The van der Waals surface area contributed by atoms with E-state index in [-0.39, 0.29) is 11.9 Å². The van der Waals surface area contributed by atoms with Gasteiger partial charge in [0, 0.05) is 5.56 Å². The van der Waals surface area contributed by atoms with Crippen LogP contribution in [0.2, 0.25) is 0 Å². The molecule has 1 aliphatic rings. The highest BCUT2D eigenvalue weighted by Gasteiger charge is 2.17. The third-order valence-electron chi connectivity index (χ3n) is 4.06. The molecule has 1 N–H and O–H groups in total. The number of amides is 1. The lowest BCUT2D eigenvalue weighted by atomic mass is 10.1. The summed E-state index contributed by atoms with van der Waals surface area (Å²) in [6.07, 6.45) is 0. The van der Waals surface area contributed by atoms with Gasteiger partial charge >= 0.3 is 0 Å². The summed E-state index contributed by atoms with van der Waals surface area (Å²) < 4.78 is 21.5. The molecule has 6 nitrogen and oxygen atoms in total. The summed E-state index contributed by atoms with van der Waals surface area (Å²) in [4.78, 5) is 12.5. The molecule has 0 bridgehead atoms. The van der Waals surface area contributed by atoms with Gasteiger partial charge < -0.3 is 24.3 Å². The third-order valence-corrected chi connectivity index (χ3v) is 4.06. The summed E-state index contributed by atoms with van der Waals surface area (Å²) in [6, 6.07) is 10.6. The lowest BCUT2D eigenvalue weighted by Gasteiger charge is -2.21. The zero-order valence-corrected chi connectivity index (χ0v) is 14.5. The Morgan fingerprint density at radius 1 is 1.00 bits per heavy atom. The Labute approximate surface area is 146 Å². The van der Waals surface area contributed by atoms with Gasteiger partial charge in [0.05, 0.1) is 20.3 Å². The van der Waals surface area contributed by atoms with E-state index in [1.165, 1.54) is 7.11 Å². The van der Waals surface area contributed by atoms with E-state index in [1.807, 2.05) is 25.1 Å². The average molecular weight is 343 g/mol. The normalized spacial score (nSPS) is 13.7. The first-order valence-corrected chi connectivity index (χ1v) is 8.05. The van der Waals surface area contributed by atoms with Gasteiger partial charge in [-0.2, -0.15) is 0 Å². The first-order chi connectivity index (χ1) is 12.1. The molecule has 0 unspecified atom stereocenters. The molecular formula is C19H21NO5. The van der Waals surface area contributed by atoms with E-state index in [0.717, 1.165) is 11.3 Å². The topological polar surface area (TPSA) is 66.0 Å². The van der Waals surface area contributed by atoms with Crippen molar-refractivity contribution in [2.45, 2.75) is 13.0 Å². The van der Waals surface area contributed by atoms with Crippen molar-refractivity contribution >= 4 is 5.91 Å². The number of hydrogen-bond acceptors (Lipinski definition) is 5. The van der Waals surface area contributed by atoms with Crippen LogP contribution in [0.3, 0.4) is 0 Å². The van der Waals surface area contributed by atoms with Crippen LogP contribution in [0, 0.1) is 0 Å². The predicted molar refractivity (Wildman–Crippen MR) is 92.9 cm³/mol. The fraction of sp³-hybridized carbons (Fsp3) is 0.316. The maximum atomic E-state index is 12.5. The van der Waals surface area contributed by atoms with Crippen molar-refractivity contribution in [3.8, 4) is 23.0 Å². The van der Waals surface area contributed by atoms with E-state index in [1.54, 1.807) is 25.3 Å². The molecule has 0 fully saturated rings. The van der Waals surface area contributed by atoms with E-state index in [2.05, 4.69) is 5.32 Å². The number of fused-ring (bicyclic) bond motifs is 1. The minimum Gasteiger partial charge on any atom is -0.493 e. The third kappa shape index (κ3) is 3.63. The number of nitrogens with one attached hydrogen (secondary N) is 1. The molecule has 1 heterocycles. The van der Waals surface area contributed by atoms with Crippen LogP contribution in [0.15, 0.2) is 36.4 Å². The molecule has 0 saturated heterocycles. The molecular weight excluding hydrogens is 322 g/mol. The van der Waals surface area contributed by atoms with Crippen LogP contribution < -0.4 is 24.3 Å². The highest BCUT2D eigenvalue weighted by Crippen LogP contribution is 2.33. The lowest BCUT2D eigenvalue weighted by Crippen LogP contribution is -2.27. The first kappa shape index (κ1) is 17.0. The number of rotatable bonds is 5. The second-order valence-corrected chi connectivity index (χ2v) is 5.67. The Hall–Kier alpha value is -2.89. The van der Waals surface area contributed by atoms with Gasteiger partial charge in [-0.3, -0.25) is 4.79 Å². The average Bonchev–Trinajstić information content (AvgIpc) is 2.66. The highest BCUT2D eigenvalue weighted by atomic mass is 16.6. The SMILES string of the molecule is COc1ccc(C(=O)N[C@H](C)c2ccc3c(c2)OCCO3)cc1OC. The minimum absolute atomic E-state index is 0.184. The number of methoxy groups -OCH3 is 2. The number of hydrogen-bond donors (Lipinski definition) is 1. The van der Waals surface area contributed by atoms with Gasteiger partial charge in [-0.05, 0) is 42.8 Å². The van der Waals surface area contributed by atoms with Crippen molar-refractivity contribution < 1.29 is 23.7 Å². The summed E-state index contributed by atoms with van der Waals surface area (Å²) in [6.45, 7) is 3.00. The molecule has 6 heteroatoms. The molecule has 132 valence electrons. The molecule has 3 rings (SSSR count). The second-order valence-electron chi connectivity index (χ2n) is 5.67. The van der Waals surface area contributed by atoms with Crippen LogP contribution in [-0.4, -0.2) is 33.3 Å². The van der Waals surface area contributed by atoms with Crippen LogP contribution in [-0.2, 0) is 0 Å². The summed E-state index contributed by atoms with van der Waals surface area (Å²) in [5.41, 5.74) is 1.44. The fourth-order valence-electron chi connectivity index (χ4n) is 2.67. The van der Waals surface area contributed by atoms with Gasteiger partial charge in [0.15, 0.2) is 23.0 Å². The molecule has 25 heavy (non-hydrogen) atoms. The van der Waals surface area contributed by atoms with E-state index < -0.39 is 0 Å². The van der Waals surface area contributed by atoms with Crippen LogP contribution in [0.1, 0.15) is 28.9 Å². The number of benzene rings is 2. The lowest BCUT2D eigenvalue weighted by molar-refractivity contribution is 0.0939. The van der Waals surface area contributed by atoms with Gasteiger partial charge in [-0.1, -0.05) is 6.07 Å².